The Morgan fingerprint density at radius 1 is 1.00 bits per heavy atom. The number of nitrogens with one attached hydrogen (secondary N) is 1. The number of hydrogen-bond donors (Lipinski definition) is 1. The van der Waals surface area contributed by atoms with E-state index in [-0.39, 0.29) is 31.1 Å². The van der Waals surface area contributed by atoms with Crippen molar-refractivity contribution < 1.29 is 18.3 Å². The summed E-state index contributed by atoms with van der Waals surface area (Å²) in [4.78, 5) is 12.1. The summed E-state index contributed by atoms with van der Waals surface area (Å²) >= 11 is 3.02. The van der Waals surface area contributed by atoms with E-state index in [2.05, 4.69) is 57.4 Å². The van der Waals surface area contributed by atoms with Gasteiger partial charge in [0.05, 0.1) is 5.56 Å². The van der Waals surface area contributed by atoms with Crippen molar-refractivity contribution >= 4 is 22.0 Å². The van der Waals surface area contributed by atoms with E-state index in [1.165, 1.54) is 0 Å². The lowest BCUT2D eigenvalue weighted by Gasteiger charge is -2.14. The van der Waals surface area contributed by atoms with E-state index in [0.29, 0.717) is 4.47 Å². The number of rotatable bonds is 4. The van der Waals surface area contributed by atoms with Crippen LogP contribution in [0.25, 0.3) is 11.1 Å². The summed E-state index contributed by atoms with van der Waals surface area (Å²) in [6, 6.07) is 18.5. The lowest BCUT2D eigenvalue weighted by Crippen LogP contribution is -2.26. The summed E-state index contributed by atoms with van der Waals surface area (Å²) in [6.07, 6.45) is -0.316. The second-order valence-corrected chi connectivity index (χ2v) is 7.96. The molecule has 0 aliphatic heterocycles. The number of halogens is 3. The fraction of sp³-hybridized carbons (Fsp3) is 0.160. The van der Waals surface area contributed by atoms with Crippen molar-refractivity contribution in [1.29, 1.82) is 0 Å². The van der Waals surface area contributed by atoms with Crippen molar-refractivity contribution in [3.63, 3.8) is 0 Å². The van der Waals surface area contributed by atoms with Crippen molar-refractivity contribution in [2.75, 3.05) is 13.2 Å². The summed E-state index contributed by atoms with van der Waals surface area (Å²) in [5.74, 6) is 3.66. The third kappa shape index (κ3) is 4.62. The highest BCUT2D eigenvalue weighted by molar-refractivity contribution is 9.10. The van der Waals surface area contributed by atoms with E-state index in [1.54, 1.807) is 0 Å². The average Bonchev–Trinajstić information content (AvgIpc) is 3.07. The molecular weight excluding hydrogens is 464 g/mol. The van der Waals surface area contributed by atoms with Crippen molar-refractivity contribution in [3.05, 3.63) is 93.5 Å². The van der Waals surface area contributed by atoms with Crippen LogP contribution in [0.15, 0.2) is 65.1 Å². The smallest absolute Gasteiger partial charge is 0.407 e. The SMILES string of the molecule is O=C(NCCC#Cc1c(F)cc(Br)cc1F)OCC1c2ccccc2-c2ccccc21. The Hall–Kier alpha value is -3.17. The molecule has 31 heavy (non-hydrogen) atoms. The maximum Gasteiger partial charge on any atom is 0.407 e. The Balaban J connectivity index is 1.30. The molecule has 0 fully saturated rings. The number of carbonyl (C=O) groups excluding carboxylic acids is 1. The highest BCUT2D eigenvalue weighted by atomic mass is 79.9. The molecule has 0 spiro atoms. The van der Waals surface area contributed by atoms with Crippen molar-refractivity contribution in [2.45, 2.75) is 12.3 Å². The molecule has 0 bridgehead atoms. The molecule has 0 unspecified atom stereocenters. The second-order valence-electron chi connectivity index (χ2n) is 7.05. The van der Waals surface area contributed by atoms with Gasteiger partial charge >= 0.3 is 6.09 Å². The minimum atomic E-state index is -0.733. The molecule has 3 aromatic rings. The quantitative estimate of drug-likeness (QED) is 0.366. The first kappa shape index (κ1) is 21.1. The molecule has 1 aliphatic carbocycles. The Kier molecular flexibility index (Phi) is 6.34. The van der Waals surface area contributed by atoms with E-state index in [0.717, 1.165) is 34.4 Å². The standard InChI is InChI=1S/C25H18BrF2NO2/c26-16-13-23(27)21(24(28)14-16)11-5-6-12-29-25(30)31-15-22-19-9-3-1-7-17(19)18-8-2-4-10-20(18)22/h1-4,7-10,13-14,22H,6,12,15H2,(H,29,30). The minimum absolute atomic E-state index is 0.0127. The fourth-order valence-corrected chi connectivity index (χ4v) is 4.09. The molecule has 156 valence electrons. The van der Waals surface area contributed by atoms with Gasteiger partial charge in [0, 0.05) is 23.4 Å². The van der Waals surface area contributed by atoms with Crippen molar-refractivity contribution in [2.24, 2.45) is 0 Å². The van der Waals surface area contributed by atoms with Gasteiger partial charge in [-0.2, -0.15) is 0 Å². The first-order valence-electron chi connectivity index (χ1n) is 9.77. The normalized spacial score (nSPS) is 11.8. The Morgan fingerprint density at radius 2 is 1.58 bits per heavy atom. The van der Waals surface area contributed by atoms with E-state index >= 15 is 0 Å². The van der Waals surface area contributed by atoms with E-state index < -0.39 is 17.7 Å². The lowest BCUT2D eigenvalue weighted by molar-refractivity contribution is 0.143. The Bertz CT molecular complexity index is 1130. The Labute approximate surface area is 187 Å². The van der Waals surface area contributed by atoms with Gasteiger partial charge in [-0.1, -0.05) is 76.3 Å². The van der Waals surface area contributed by atoms with Crippen LogP contribution in [-0.2, 0) is 4.74 Å². The molecule has 3 nitrogen and oxygen atoms in total. The molecule has 6 heteroatoms. The molecule has 0 aromatic heterocycles. The number of ether oxygens (including phenoxy) is 1. The number of hydrogen-bond acceptors (Lipinski definition) is 2. The molecule has 4 rings (SSSR count). The number of alkyl carbamates (subject to hydrolysis) is 1. The first-order chi connectivity index (χ1) is 15.0. The molecule has 0 heterocycles. The zero-order valence-corrected chi connectivity index (χ0v) is 18.0. The van der Waals surface area contributed by atoms with Crippen LogP contribution < -0.4 is 5.32 Å². The van der Waals surface area contributed by atoms with Gasteiger partial charge in [0.1, 0.15) is 18.2 Å². The third-order valence-corrected chi connectivity index (χ3v) is 5.54. The van der Waals surface area contributed by atoms with Gasteiger partial charge in [0.25, 0.3) is 0 Å². The van der Waals surface area contributed by atoms with Crippen LogP contribution in [0.2, 0.25) is 0 Å². The number of fused-ring (bicyclic) bond motifs is 3. The van der Waals surface area contributed by atoms with Gasteiger partial charge in [-0.25, -0.2) is 13.6 Å². The predicted molar refractivity (Wildman–Crippen MR) is 119 cm³/mol. The van der Waals surface area contributed by atoms with E-state index in [1.807, 2.05) is 24.3 Å². The van der Waals surface area contributed by atoms with Crippen LogP contribution in [0.4, 0.5) is 13.6 Å². The van der Waals surface area contributed by atoms with Crippen molar-refractivity contribution in [3.8, 4) is 23.0 Å². The van der Waals surface area contributed by atoms with Crippen LogP contribution in [0, 0.1) is 23.5 Å². The molecule has 3 aromatic carbocycles. The average molecular weight is 482 g/mol. The van der Waals surface area contributed by atoms with E-state index in [9.17, 15) is 13.6 Å². The van der Waals surface area contributed by atoms with Crippen LogP contribution >= 0.6 is 15.9 Å². The lowest BCUT2D eigenvalue weighted by atomic mass is 9.98. The summed E-state index contributed by atoms with van der Waals surface area (Å²) in [7, 11) is 0. The molecule has 0 saturated carbocycles. The van der Waals surface area contributed by atoms with Gasteiger partial charge in [0.15, 0.2) is 0 Å². The van der Waals surface area contributed by atoms with E-state index in [4.69, 9.17) is 4.74 Å². The predicted octanol–water partition coefficient (Wildman–Crippen LogP) is 6.01. The number of carbonyl (C=O) groups is 1. The second kappa shape index (κ2) is 9.32. The number of benzene rings is 3. The molecule has 1 amide bonds. The highest BCUT2D eigenvalue weighted by Crippen LogP contribution is 2.44. The van der Waals surface area contributed by atoms with Gasteiger partial charge in [-0.3, -0.25) is 0 Å². The molecule has 1 aliphatic rings. The summed E-state index contributed by atoms with van der Waals surface area (Å²) in [5.41, 5.74) is 4.32. The largest absolute Gasteiger partial charge is 0.449 e. The topological polar surface area (TPSA) is 38.3 Å². The van der Waals surface area contributed by atoms with Crippen LogP contribution in [-0.4, -0.2) is 19.2 Å². The molecule has 0 radical (unpaired) electrons. The van der Waals surface area contributed by atoms with Crippen molar-refractivity contribution in [1.82, 2.24) is 5.32 Å². The maximum absolute atomic E-state index is 13.7. The van der Waals surface area contributed by atoms with Crippen LogP contribution in [0.3, 0.4) is 0 Å². The van der Waals surface area contributed by atoms with Gasteiger partial charge in [-0.15, -0.1) is 0 Å². The summed E-state index contributed by atoms with van der Waals surface area (Å²) in [6.45, 7) is 0.435. The van der Waals surface area contributed by atoms with Gasteiger partial charge in [-0.05, 0) is 34.4 Å². The molecule has 0 atom stereocenters. The third-order valence-electron chi connectivity index (χ3n) is 5.08. The van der Waals surface area contributed by atoms with Crippen LogP contribution in [0.5, 0.6) is 0 Å². The zero-order valence-electron chi connectivity index (χ0n) is 16.4. The van der Waals surface area contributed by atoms with Crippen LogP contribution in [0.1, 0.15) is 29.0 Å². The summed E-state index contributed by atoms with van der Waals surface area (Å²) < 4.78 is 33.2. The first-order valence-corrected chi connectivity index (χ1v) is 10.6. The number of amides is 1. The zero-order chi connectivity index (χ0) is 21.8. The summed E-state index contributed by atoms with van der Waals surface area (Å²) in [5, 5.41) is 2.62. The highest BCUT2D eigenvalue weighted by Gasteiger charge is 2.28. The molecule has 0 saturated heterocycles. The molecule has 1 N–H and O–H groups in total. The monoisotopic (exact) mass is 481 g/mol. The Morgan fingerprint density at radius 3 is 2.19 bits per heavy atom. The van der Waals surface area contributed by atoms with Gasteiger partial charge < -0.3 is 10.1 Å². The minimum Gasteiger partial charge on any atom is -0.449 e. The fourth-order valence-electron chi connectivity index (χ4n) is 3.69. The maximum atomic E-state index is 13.7. The molecular formula is C25H18BrF2NO2. The van der Waals surface area contributed by atoms with Gasteiger partial charge in [0.2, 0.25) is 0 Å².